The van der Waals surface area contributed by atoms with Crippen LogP contribution in [0, 0.1) is 0 Å². The van der Waals surface area contributed by atoms with Crippen LogP contribution in [0.2, 0.25) is 0 Å². The van der Waals surface area contributed by atoms with Gasteiger partial charge in [0.15, 0.2) is 5.13 Å². The van der Waals surface area contributed by atoms with E-state index in [0.29, 0.717) is 34.1 Å². The van der Waals surface area contributed by atoms with Gasteiger partial charge in [0.05, 0.1) is 6.04 Å². The van der Waals surface area contributed by atoms with Crippen LogP contribution in [0.5, 0.6) is 0 Å². The Hall–Kier alpha value is -3.83. The highest BCUT2D eigenvalue weighted by Gasteiger charge is 2.33. The van der Waals surface area contributed by atoms with Crippen molar-refractivity contribution < 1.29 is 9.59 Å². The summed E-state index contributed by atoms with van der Waals surface area (Å²) in [6, 6.07) is 7.10. The van der Waals surface area contributed by atoms with Crippen LogP contribution in [0.15, 0.2) is 48.2 Å². The number of hydrogen-bond acceptors (Lipinski definition) is 8. The Morgan fingerprint density at radius 2 is 2.00 bits per heavy atom. The van der Waals surface area contributed by atoms with Crippen LogP contribution in [0.1, 0.15) is 47.9 Å². The van der Waals surface area contributed by atoms with Gasteiger partial charge < -0.3 is 15.5 Å². The average Bonchev–Trinajstić information content (AvgIpc) is 3.64. The second kappa shape index (κ2) is 10.7. The van der Waals surface area contributed by atoms with E-state index in [1.165, 1.54) is 11.3 Å². The van der Waals surface area contributed by atoms with E-state index in [4.69, 9.17) is 10.7 Å². The summed E-state index contributed by atoms with van der Waals surface area (Å²) < 4.78 is 1.96. The number of rotatable bonds is 8. The number of hydrogen-bond donors (Lipinski definition) is 2. The van der Waals surface area contributed by atoms with Gasteiger partial charge in [0.1, 0.15) is 22.9 Å². The molecule has 0 radical (unpaired) electrons. The normalized spacial score (nSPS) is 15.5. The lowest BCUT2D eigenvalue weighted by Crippen LogP contribution is -2.32. The number of nitrogens with two attached hydrogens (primary N) is 1. The highest BCUT2D eigenvalue weighted by Crippen LogP contribution is 2.36. The summed E-state index contributed by atoms with van der Waals surface area (Å²) in [7, 11) is 4.03. The minimum atomic E-state index is -0.229. The first-order valence-corrected chi connectivity index (χ1v) is 13.2. The quantitative estimate of drug-likeness (QED) is 0.365. The molecule has 3 N–H and O–H groups in total. The molecule has 37 heavy (non-hydrogen) atoms. The Morgan fingerprint density at radius 1 is 1.19 bits per heavy atom. The molecule has 0 bridgehead atoms. The number of amides is 2. The monoisotopic (exact) mass is 518 g/mol. The number of aromatic nitrogens is 4. The number of fused-ring (bicyclic) bond motifs is 1. The van der Waals surface area contributed by atoms with Crippen molar-refractivity contribution >= 4 is 39.6 Å². The Balaban J connectivity index is 1.44. The predicted octanol–water partition coefficient (Wildman–Crippen LogP) is 3.69. The van der Waals surface area contributed by atoms with Gasteiger partial charge in [-0.25, -0.2) is 15.0 Å². The number of thiazole rings is 1. The van der Waals surface area contributed by atoms with Crippen LogP contribution < -0.4 is 11.1 Å². The highest BCUT2D eigenvalue weighted by atomic mass is 32.1. The predicted molar refractivity (Wildman–Crippen MR) is 144 cm³/mol. The van der Waals surface area contributed by atoms with Crippen molar-refractivity contribution in [3.63, 3.8) is 0 Å². The Kier molecular flexibility index (Phi) is 7.15. The van der Waals surface area contributed by atoms with Crippen molar-refractivity contribution in [3.05, 3.63) is 59.6 Å². The van der Waals surface area contributed by atoms with E-state index < -0.39 is 0 Å². The molecule has 1 saturated heterocycles. The van der Waals surface area contributed by atoms with E-state index in [1.807, 2.05) is 41.7 Å². The zero-order valence-corrected chi connectivity index (χ0v) is 21.7. The largest absolute Gasteiger partial charge is 0.382 e. The van der Waals surface area contributed by atoms with Gasteiger partial charge in [-0.3, -0.25) is 19.3 Å². The molecule has 192 valence electrons. The molecule has 0 unspecified atom stereocenters. The van der Waals surface area contributed by atoms with Gasteiger partial charge in [-0.1, -0.05) is 12.1 Å². The van der Waals surface area contributed by atoms with Crippen LogP contribution in [0.4, 0.5) is 10.9 Å². The first-order valence-electron chi connectivity index (χ1n) is 12.3. The molecule has 1 aromatic carbocycles. The van der Waals surface area contributed by atoms with Crippen molar-refractivity contribution in [2.75, 3.05) is 38.2 Å². The Bertz CT molecular complexity index is 1400. The molecule has 1 aliphatic heterocycles. The van der Waals surface area contributed by atoms with Gasteiger partial charge in [-0.2, -0.15) is 0 Å². The summed E-state index contributed by atoms with van der Waals surface area (Å²) in [6.45, 7) is 1.60. The summed E-state index contributed by atoms with van der Waals surface area (Å²) in [4.78, 5) is 43.1. The van der Waals surface area contributed by atoms with Crippen LogP contribution in [-0.2, 0) is 4.79 Å². The minimum Gasteiger partial charge on any atom is -0.382 e. The van der Waals surface area contributed by atoms with E-state index in [2.05, 4.69) is 20.2 Å². The Labute approximate surface area is 219 Å². The third-order valence-corrected chi connectivity index (χ3v) is 7.24. The molecular weight excluding hydrogens is 488 g/mol. The zero-order valence-electron chi connectivity index (χ0n) is 20.9. The number of anilines is 2. The lowest BCUT2D eigenvalue weighted by Gasteiger charge is -2.24. The van der Waals surface area contributed by atoms with Gasteiger partial charge >= 0.3 is 0 Å². The maximum atomic E-state index is 13.1. The smallest absolute Gasteiger partial charge is 0.257 e. The number of carbonyl (C=O) groups excluding carboxylic acids is 2. The van der Waals surface area contributed by atoms with Gasteiger partial charge in [-0.05, 0) is 52.0 Å². The van der Waals surface area contributed by atoms with E-state index in [-0.39, 0.29) is 17.9 Å². The molecule has 5 rings (SSSR count). The molecule has 1 atom stereocenters. The van der Waals surface area contributed by atoms with Crippen LogP contribution in [0.3, 0.4) is 0 Å². The molecule has 3 aromatic heterocycles. The molecule has 0 aliphatic carbocycles. The fourth-order valence-electron chi connectivity index (χ4n) is 4.78. The van der Waals surface area contributed by atoms with Gasteiger partial charge in [-0.15, -0.1) is 11.3 Å². The summed E-state index contributed by atoms with van der Waals surface area (Å²) >= 11 is 1.36. The molecule has 0 saturated carbocycles. The summed E-state index contributed by atoms with van der Waals surface area (Å²) in [5, 5.41) is 5.15. The van der Waals surface area contributed by atoms with Gasteiger partial charge in [0.25, 0.3) is 5.91 Å². The van der Waals surface area contributed by atoms with Gasteiger partial charge in [0.2, 0.25) is 5.91 Å². The fourth-order valence-corrected chi connectivity index (χ4v) is 5.31. The summed E-state index contributed by atoms with van der Waals surface area (Å²) in [5.74, 6) is 1.07. The number of likely N-dealkylation sites (tertiary alicyclic amines) is 1. The summed E-state index contributed by atoms with van der Waals surface area (Å²) in [5.41, 5.74) is 9.03. The zero-order chi connectivity index (χ0) is 25.9. The number of nitrogen functional groups attached to an aromatic ring is 1. The first-order chi connectivity index (χ1) is 17.9. The molecule has 11 heteroatoms. The molecule has 1 fully saturated rings. The second-order valence-corrected chi connectivity index (χ2v) is 10.3. The molecule has 4 heterocycles. The van der Waals surface area contributed by atoms with Gasteiger partial charge in [0, 0.05) is 48.1 Å². The van der Waals surface area contributed by atoms with E-state index in [9.17, 15) is 9.59 Å². The Morgan fingerprint density at radius 3 is 2.73 bits per heavy atom. The lowest BCUT2D eigenvalue weighted by molar-refractivity contribution is -0.132. The third-order valence-electron chi connectivity index (χ3n) is 6.55. The van der Waals surface area contributed by atoms with Crippen molar-refractivity contribution in [1.82, 2.24) is 29.2 Å². The molecule has 4 aromatic rings. The van der Waals surface area contributed by atoms with Crippen molar-refractivity contribution in [1.29, 1.82) is 0 Å². The van der Waals surface area contributed by atoms with E-state index >= 15 is 0 Å². The lowest BCUT2D eigenvalue weighted by atomic mass is 10.1. The van der Waals surface area contributed by atoms with Crippen molar-refractivity contribution in [3.8, 4) is 11.3 Å². The second-order valence-electron chi connectivity index (χ2n) is 9.37. The fraction of sp³-hybridized carbons (Fsp3) is 0.346. The van der Waals surface area contributed by atoms with E-state index in [1.54, 1.807) is 29.9 Å². The topological polar surface area (TPSA) is 122 Å². The van der Waals surface area contributed by atoms with Crippen LogP contribution in [-0.4, -0.2) is 68.2 Å². The molecular formula is C26H30N8O2S. The minimum absolute atomic E-state index is 0.127. The van der Waals surface area contributed by atoms with E-state index in [0.717, 1.165) is 43.7 Å². The average molecular weight is 519 g/mol. The number of benzene rings is 1. The van der Waals surface area contributed by atoms with Crippen LogP contribution in [0.25, 0.3) is 16.8 Å². The maximum absolute atomic E-state index is 13.1. The highest BCUT2D eigenvalue weighted by molar-refractivity contribution is 7.13. The number of nitrogens with zero attached hydrogens (tertiary/aromatic N) is 6. The third kappa shape index (κ3) is 5.18. The molecule has 0 spiro atoms. The summed E-state index contributed by atoms with van der Waals surface area (Å²) in [6.07, 6.45) is 8.25. The maximum Gasteiger partial charge on any atom is 0.257 e. The standard InChI is InChI=1S/C26H30N8O2S/c1-32(2)13-4-6-20(35)33-14-3-5-19(33)24-30-21(22-23(27)28-11-15-34(22)24)17-7-9-18(10-8-17)25(36)31-26-29-12-16-37-26/h7-12,15-16,19H,3-6,13-14H2,1-2H3,(H2,27,28)(H,29,31,36)/t19-/m0/s1. The van der Waals surface area contributed by atoms with Crippen LogP contribution >= 0.6 is 11.3 Å². The van der Waals surface area contributed by atoms with Crippen molar-refractivity contribution in [2.45, 2.75) is 31.7 Å². The number of carbonyl (C=O) groups is 2. The number of nitrogens with one attached hydrogen (secondary N) is 1. The molecule has 1 aliphatic rings. The van der Waals surface area contributed by atoms with Crippen molar-refractivity contribution in [2.24, 2.45) is 0 Å². The number of imidazole rings is 1. The SMILES string of the molecule is CN(C)CCCC(=O)N1CCC[C@H]1c1nc(-c2ccc(C(=O)Nc3nccs3)cc2)c2c(N)nccn12. The molecule has 10 nitrogen and oxygen atoms in total. The molecule has 2 amide bonds. The first kappa shape index (κ1) is 24.8.